The van der Waals surface area contributed by atoms with Crippen LogP contribution in [0.3, 0.4) is 0 Å². The van der Waals surface area contributed by atoms with Crippen molar-refractivity contribution in [3.63, 3.8) is 0 Å². The van der Waals surface area contributed by atoms with Crippen LogP contribution in [0, 0.1) is 21.4 Å². The number of aromatic nitrogens is 4. The average molecular weight is 260 g/mol. The number of rotatable bonds is 4. The molecule has 98 valence electrons. The molecule has 0 fully saturated rings. The molecule has 0 atom stereocenters. The lowest BCUT2D eigenvalue weighted by Gasteiger charge is -2.02. The van der Waals surface area contributed by atoms with E-state index in [4.69, 9.17) is 5.26 Å². The lowest BCUT2D eigenvalue weighted by Crippen LogP contribution is -2.06. The lowest BCUT2D eigenvalue weighted by atomic mass is 10.2. The standard InChI is InChI=1S/C11H12N6O2/c1-3-4-8-10(17(18)19)11(15(2)14-8)16-6-5-13-9(16)7-12/h5-6H,3-4H2,1-2H3. The summed E-state index contributed by atoms with van der Waals surface area (Å²) in [4.78, 5) is 14.6. The molecule has 0 saturated heterocycles. The van der Waals surface area contributed by atoms with E-state index in [1.165, 1.54) is 21.6 Å². The minimum atomic E-state index is -0.464. The molecule has 0 radical (unpaired) electrons. The van der Waals surface area contributed by atoms with Gasteiger partial charge in [-0.1, -0.05) is 13.3 Å². The van der Waals surface area contributed by atoms with E-state index in [0.717, 1.165) is 6.42 Å². The smallest absolute Gasteiger partial charge is 0.270 e. The van der Waals surface area contributed by atoms with Crippen LogP contribution in [-0.2, 0) is 13.5 Å². The Morgan fingerprint density at radius 2 is 2.32 bits per heavy atom. The van der Waals surface area contributed by atoms with Gasteiger partial charge in [-0.2, -0.15) is 10.4 Å². The van der Waals surface area contributed by atoms with Gasteiger partial charge in [-0.05, 0) is 6.42 Å². The predicted molar refractivity (Wildman–Crippen MR) is 65.7 cm³/mol. The highest BCUT2D eigenvalue weighted by molar-refractivity contribution is 5.53. The van der Waals surface area contributed by atoms with Gasteiger partial charge in [0.25, 0.3) is 0 Å². The van der Waals surface area contributed by atoms with Gasteiger partial charge in [0.15, 0.2) is 0 Å². The number of nitriles is 1. The molecule has 0 N–H and O–H groups in total. The van der Waals surface area contributed by atoms with Gasteiger partial charge in [0.2, 0.25) is 11.6 Å². The Balaban J connectivity index is 2.70. The van der Waals surface area contributed by atoms with Crippen LogP contribution in [0.25, 0.3) is 5.82 Å². The second-order valence-electron chi connectivity index (χ2n) is 3.98. The summed E-state index contributed by atoms with van der Waals surface area (Å²) in [5, 5.41) is 24.4. The monoisotopic (exact) mass is 260 g/mol. The van der Waals surface area contributed by atoms with Crippen molar-refractivity contribution in [3.05, 3.63) is 34.0 Å². The second kappa shape index (κ2) is 4.89. The molecule has 0 spiro atoms. The van der Waals surface area contributed by atoms with Crippen LogP contribution in [-0.4, -0.2) is 24.3 Å². The predicted octanol–water partition coefficient (Wildman–Crippen LogP) is 1.34. The third-order valence-corrected chi connectivity index (χ3v) is 2.70. The van der Waals surface area contributed by atoms with E-state index in [0.29, 0.717) is 12.1 Å². The molecule has 0 bridgehead atoms. The fourth-order valence-electron chi connectivity index (χ4n) is 1.98. The molecule has 2 rings (SSSR count). The number of hydrogen-bond donors (Lipinski definition) is 0. The summed E-state index contributed by atoms with van der Waals surface area (Å²) in [5.74, 6) is 0.344. The number of aryl methyl sites for hydroxylation is 2. The van der Waals surface area contributed by atoms with E-state index in [9.17, 15) is 10.1 Å². The van der Waals surface area contributed by atoms with Gasteiger partial charge >= 0.3 is 5.69 Å². The van der Waals surface area contributed by atoms with E-state index in [1.807, 2.05) is 13.0 Å². The minimum Gasteiger partial charge on any atom is -0.270 e. The number of nitro groups is 1. The molecular formula is C11H12N6O2. The first-order valence-electron chi connectivity index (χ1n) is 5.74. The zero-order chi connectivity index (χ0) is 14.0. The molecule has 2 aromatic heterocycles. The molecule has 0 aliphatic heterocycles. The van der Waals surface area contributed by atoms with Crippen molar-refractivity contribution in [2.45, 2.75) is 19.8 Å². The lowest BCUT2D eigenvalue weighted by molar-refractivity contribution is -0.385. The van der Waals surface area contributed by atoms with Crippen molar-refractivity contribution >= 4 is 5.69 Å². The van der Waals surface area contributed by atoms with Gasteiger partial charge in [-0.3, -0.25) is 14.7 Å². The molecule has 2 aromatic rings. The summed E-state index contributed by atoms with van der Waals surface area (Å²) >= 11 is 0. The molecule has 8 heteroatoms. The highest BCUT2D eigenvalue weighted by atomic mass is 16.6. The maximum absolute atomic E-state index is 11.3. The first-order chi connectivity index (χ1) is 9.10. The summed E-state index contributed by atoms with van der Waals surface area (Å²) in [6, 6.07) is 1.90. The van der Waals surface area contributed by atoms with Crippen LogP contribution in [0.2, 0.25) is 0 Å². The Hall–Kier alpha value is -2.69. The van der Waals surface area contributed by atoms with E-state index < -0.39 is 4.92 Å². The molecular weight excluding hydrogens is 248 g/mol. The molecule has 0 saturated carbocycles. The molecule has 8 nitrogen and oxygen atoms in total. The Bertz CT molecular complexity index is 663. The zero-order valence-electron chi connectivity index (χ0n) is 10.6. The van der Waals surface area contributed by atoms with Crippen molar-refractivity contribution in [3.8, 4) is 11.9 Å². The molecule has 0 unspecified atom stereocenters. The fourth-order valence-corrected chi connectivity index (χ4v) is 1.98. The van der Waals surface area contributed by atoms with Gasteiger partial charge in [-0.25, -0.2) is 9.67 Å². The Kier molecular flexibility index (Phi) is 3.29. The van der Waals surface area contributed by atoms with Gasteiger partial charge in [0.05, 0.1) is 4.92 Å². The first kappa shape index (κ1) is 12.8. The van der Waals surface area contributed by atoms with Crippen molar-refractivity contribution < 1.29 is 4.92 Å². The maximum Gasteiger partial charge on any atom is 0.334 e. The third kappa shape index (κ3) is 2.06. The summed E-state index contributed by atoms with van der Waals surface area (Å²) in [6.07, 6.45) is 4.21. The fraction of sp³-hybridized carbons (Fsp3) is 0.364. The van der Waals surface area contributed by atoms with Crippen LogP contribution < -0.4 is 0 Å². The average Bonchev–Trinajstić information content (AvgIpc) is 2.93. The Morgan fingerprint density at radius 1 is 1.58 bits per heavy atom. The van der Waals surface area contributed by atoms with E-state index in [2.05, 4.69) is 10.1 Å². The van der Waals surface area contributed by atoms with Crippen molar-refractivity contribution in [2.24, 2.45) is 7.05 Å². The van der Waals surface area contributed by atoms with Crippen LogP contribution in [0.15, 0.2) is 12.4 Å². The molecule has 2 heterocycles. The quantitative estimate of drug-likeness (QED) is 0.609. The molecule has 19 heavy (non-hydrogen) atoms. The normalized spacial score (nSPS) is 10.4. The third-order valence-electron chi connectivity index (χ3n) is 2.70. The molecule has 0 amide bonds. The summed E-state index contributed by atoms with van der Waals surface area (Å²) in [7, 11) is 1.61. The second-order valence-corrected chi connectivity index (χ2v) is 3.98. The van der Waals surface area contributed by atoms with Crippen LogP contribution in [0.1, 0.15) is 24.9 Å². The molecule has 0 aliphatic carbocycles. The topological polar surface area (TPSA) is 103 Å². The maximum atomic E-state index is 11.3. The Labute approximate surface area is 109 Å². The molecule has 0 aliphatic rings. The van der Waals surface area contributed by atoms with E-state index in [1.54, 1.807) is 7.05 Å². The minimum absolute atomic E-state index is 0.0705. The largest absolute Gasteiger partial charge is 0.334 e. The highest BCUT2D eigenvalue weighted by Crippen LogP contribution is 2.28. The number of imidazole rings is 1. The number of hydrogen-bond acceptors (Lipinski definition) is 5. The van der Waals surface area contributed by atoms with E-state index >= 15 is 0 Å². The van der Waals surface area contributed by atoms with Gasteiger partial charge in [-0.15, -0.1) is 0 Å². The molecule has 0 aromatic carbocycles. The first-order valence-corrected chi connectivity index (χ1v) is 5.74. The number of nitrogens with zero attached hydrogens (tertiary/aromatic N) is 6. The van der Waals surface area contributed by atoms with Gasteiger partial charge in [0, 0.05) is 19.4 Å². The summed E-state index contributed by atoms with van der Waals surface area (Å²) < 4.78 is 2.79. The van der Waals surface area contributed by atoms with Crippen LogP contribution >= 0.6 is 0 Å². The van der Waals surface area contributed by atoms with Gasteiger partial charge in [0.1, 0.15) is 11.8 Å². The van der Waals surface area contributed by atoms with Gasteiger partial charge < -0.3 is 0 Å². The Morgan fingerprint density at radius 3 is 2.89 bits per heavy atom. The van der Waals surface area contributed by atoms with Crippen LogP contribution in [0.5, 0.6) is 0 Å². The highest BCUT2D eigenvalue weighted by Gasteiger charge is 2.28. The van der Waals surface area contributed by atoms with Crippen molar-refractivity contribution in [2.75, 3.05) is 0 Å². The van der Waals surface area contributed by atoms with Crippen molar-refractivity contribution in [1.82, 2.24) is 19.3 Å². The van der Waals surface area contributed by atoms with Crippen molar-refractivity contribution in [1.29, 1.82) is 5.26 Å². The SMILES string of the molecule is CCCc1nn(C)c(-n2ccnc2C#N)c1[N+](=O)[O-]. The van der Waals surface area contributed by atoms with Crippen LogP contribution in [0.4, 0.5) is 5.69 Å². The zero-order valence-corrected chi connectivity index (χ0v) is 10.6. The summed E-state index contributed by atoms with van der Waals surface area (Å²) in [5.41, 5.74) is 0.349. The summed E-state index contributed by atoms with van der Waals surface area (Å²) in [6.45, 7) is 1.93. The van der Waals surface area contributed by atoms with E-state index in [-0.39, 0.29) is 17.3 Å².